The lowest BCUT2D eigenvalue weighted by Gasteiger charge is -2.32. The minimum absolute atomic E-state index is 0.494. The first kappa shape index (κ1) is 6.62. The number of hydrogen-bond donors (Lipinski definition) is 1. The highest BCUT2D eigenvalue weighted by Gasteiger charge is 2.38. The summed E-state index contributed by atoms with van der Waals surface area (Å²) >= 11 is 0. The number of piperidine rings is 1. The first-order chi connectivity index (χ1) is 4.77. The zero-order valence-electron chi connectivity index (χ0n) is 6.45. The van der Waals surface area contributed by atoms with Gasteiger partial charge >= 0.3 is 0 Å². The third-order valence-corrected chi connectivity index (χ3v) is 2.93. The van der Waals surface area contributed by atoms with Crippen molar-refractivity contribution in [3.05, 3.63) is 0 Å². The first-order valence-corrected chi connectivity index (χ1v) is 4.24. The Labute approximate surface area is 61.8 Å². The van der Waals surface area contributed by atoms with Gasteiger partial charge < -0.3 is 5.21 Å². The molecule has 2 bridgehead atoms. The Morgan fingerprint density at radius 3 is 2.20 bits per heavy atom. The lowest BCUT2D eigenvalue weighted by molar-refractivity contribution is -0.157. The SMILES string of the molecule is CC1CC2CCC(C1)N2O. The largest absolute Gasteiger partial charge is 0.313 e. The Morgan fingerprint density at radius 1 is 1.20 bits per heavy atom. The molecule has 0 saturated carbocycles. The van der Waals surface area contributed by atoms with E-state index in [2.05, 4.69) is 6.92 Å². The molecule has 0 spiro atoms. The molecule has 2 fully saturated rings. The van der Waals surface area contributed by atoms with Crippen molar-refractivity contribution in [1.29, 1.82) is 0 Å². The van der Waals surface area contributed by atoms with Gasteiger partial charge in [-0.05, 0) is 31.6 Å². The third kappa shape index (κ3) is 0.867. The van der Waals surface area contributed by atoms with Crippen molar-refractivity contribution in [2.45, 2.75) is 44.7 Å². The van der Waals surface area contributed by atoms with Gasteiger partial charge in [-0.15, -0.1) is 0 Å². The quantitative estimate of drug-likeness (QED) is 0.554. The Hall–Kier alpha value is -0.0800. The molecule has 0 aromatic rings. The van der Waals surface area contributed by atoms with Crippen LogP contribution in [0.25, 0.3) is 0 Å². The molecule has 2 nitrogen and oxygen atoms in total. The predicted molar refractivity (Wildman–Crippen MR) is 38.8 cm³/mol. The molecule has 0 amide bonds. The van der Waals surface area contributed by atoms with Crippen molar-refractivity contribution in [1.82, 2.24) is 5.06 Å². The molecule has 10 heavy (non-hydrogen) atoms. The van der Waals surface area contributed by atoms with E-state index in [0.717, 1.165) is 5.92 Å². The molecule has 2 aliphatic rings. The number of hydroxylamine groups is 2. The van der Waals surface area contributed by atoms with E-state index in [1.165, 1.54) is 25.7 Å². The summed E-state index contributed by atoms with van der Waals surface area (Å²) in [4.78, 5) is 0. The van der Waals surface area contributed by atoms with E-state index in [1.807, 2.05) is 0 Å². The molecule has 0 aliphatic carbocycles. The van der Waals surface area contributed by atoms with Crippen molar-refractivity contribution >= 4 is 0 Å². The van der Waals surface area contributed by atoms with Gasteiger partial charge in [-0.1, -0.05) is 6.92 Å². The van der Waals surface area contributed by atoms with E-state index in [1.54, 1.807) is 5.06 Å². The van der Waals surface area contributed by atoms with Gasteiger partial charge in [0.05, 0.1) is 0 Å². The van der Waals surface area contributed by atoms with Crippen molar-refractivity contribution in [3.8, 4) is 0 Å². The normalized spacial score (nSPS) is 48.0. The highest BCUT2D eigenvalue weighted by atomic mass is 16.5. The number of nitrogens with zero attached hydrogens (tertiary/aromatic N) is 1. The molecule has 2 saturated heterocycles. The molecular weight excluding hydrogens is 126 g/mol. The minimum atomic E-state index is 0.494. The van der Waals surface area contributed by atoms with Crippen LogP contribution < -0.4 is 0 Å². The molecule has 2 heteroatoms. The van der Waals surface area contributed by atoms with Crippen LogP contribution in [0.5, 0.6) is 0 Å². The maximum atomic E-state index is 9.46. The second-order valence-electron chi connectivity index (χ2n) is 3.84. The second-order valence-corrected chi connectivity index (χ2v) is 3.84. The van der Waals surface area contributed by atoms with Gasteiger partial charge in [-0.25, -0.2) is 0 Å². The average Bonchev–Trinajstić information content (AvgIpc) is 2.20. The summed E-state index contributed by atoms with van der Waals surface area (Å²) in [7, 11) is 0. The van der Waals surface area contributed by atoms with Crippen molar-refractivity contribution in [2.24, 2.45) is 5.92 Å². The molecule has 0 radical (unpaired) electrons. The van der Waals surface area contributed by atoms with Gasteiger partial charge in [0.15, 0.2) is 0 Å². The molecule has 1 N–H and O–H groups in total. The fourth-order valence-corrected chi connectivity index (χ4v) is 2.42. The molecule has 2 rings (SSSR count). The average molecular weight is 141 g/mol. The molecular formula is C8H15NO. The van der Waals surface area contributed by atoms with Crippen LogP contribution in [-0.4, -0.2) is 22.4 Å². The molecule has 2 aliphatic heterocycles. The van der Waals surface area contributed by atoms with Crippen LogP contribution in [0.4, 0.5) is 0 Å². The van der Waals surface area contributed by atoms with Gasteiger partial charge in [-0.2, -0.15) is 5.06 Å². The van der Waals surface area contributed by atoms with E-state index >= 15 is 0 Å². The van der Waals surface area contributed by atoms with E-state index in [-0.39, 0.29) is 0 Å². The van der Waals surface area contributed by atoms with Crippen molar-refractivity contribution < 1.29 is 5.21 Å². The van der Waals surface area contributed by atoms with Crippen LogP contribution >= 0.6 is 0 Å². The van der Waals surface area contributed by atoms with Gasteiger partial charge in [0.1, 0.15) is 0 Å². The molecule has 0 aromatic carbocycles. The highest BCUT2D eigenvalue weighted by Crippen LogP contribution is 2.36. The molecule has 2 unspecified atom stereocenters. The summed E-state index contributed by atoms with van der Waals surface area (Å²) < 4.78 is 0. The van der Waals surface area contributed by atoms with E-state index in [0.29, 0.717) is 12.1 Å². The zero-order valence-corrected chi connectivity index (χ0v) is 6.45. The van der Waals surface area contributed by atoms with E-state index in [4.69, 9.17) is 0 Å². The summed E-state index contributed by atoms with van der Waals surface area (Å²) in [5.41, 5.74) is 0. The van der Waals surface area contributed by atoms with Crippen LogP contribution in [0, 0.1) is 5.92 Å². The van der Waals surface area contributed by atoms with Crippen LogP contribution in [0.2, 0.25) is 0 Å². The summed E-state index contributed by atoms with van der Waals surface area (Å²) in [6.07, 6.45) is 4.83. The van der Waals surface area contributed by atoms with Crippen molar-refractivity contribution in [2.75, 3.05) is 0 Å². The maximum absolute atomic E-state index is 9.46. The van der Waals surface area contributed by atoms with E-state index in [9.17, 15) is 5.21 Å². The Morgan fingerprint density at radius 2 is 1.70 bits per heavy atom. The second kappa shape index (κ2) is 2.21. The third-order valence-electron chi connectivity index (χ3n) is 2.93. The van der Waals surface area contributed by atoms with Gasteiger partial charge in [0.25, 0.3) is 0 Å². The van der Waals surface area contributed by atoms with Crippen LogP contribution in [0.3, 0.4) is 0 Å². The number of rotatable bonds is 0. The molecule has 58 valence electrons. The molecule has 2 atom stereocenters. The van der Waals surface area contributed by atoms with Gasteiger partial charge in [0, 0.05) is 12.1 Å². The van der Waals surface area contributed by atoms with Crippen LogP contribution in [0.1, 0.15) is 32.6 Å². The topological polar surface area (TPSA) is 23.5 Å². The lowest BCUT2D eigenvalue weighted by atomic mass is 9.94. The van der Waals surface area contributed by atoms with Crippen LogP contribution in [0.15, 0.2) is 0 Å². The van der Waals surface area contributed by atoms with Gasteiger partial charge in [-0.3, -0.25) is 0 Å². The monoisotopic (exact) mass is 141 g/mol. The fourth-order valence-electron chi connectivity index (χ4n) is 2.42. The Balaban J connectivity index is 2.09. The standard InChI is InChI=1S/C8H15NO/c1-6-4-7-2-3-8(5-6)9(7)10/h6-8,10H,2-5H2,1H3. The van der Waals surface area contributed by atoms with Gasteiger partial charge in [0.2, 0.25) is 0 Å². The Kier molecular flexibility index (Phi) is 1.46. The smallest absolute Gasteiger partial charge is 0.0356 e. The zero-order chi connectivity index (χ0) is 7.14. The van der Waals surface area contributed by atoms with Crippen LogP contribution in [-0.2, 0) is 0 Å². The number of hydrogen-bond acceptors (Lipinski definition) is 2. The first-order valence-electron chi connectivity index (χ1n) is 4.24. The summed E-state index contributed by atoms with van der Waals surface area (Å²) in [5.74, 6) is 0.834. The summed E-state index contributed by atoms with van der Waals surface area (Å²) in [5, 5.41) is 11.1. The fraction of sp³-hybridized carbons (Fsp3) is 1.00. The minimum Gasteiger partial charge on any atom is -0.313 e. The summed E-state index contributed by atoms with van der Waals surface area (Å²) in [6, 6.07) is 0.988. The van der Waals surface area contributed by atoms with E-state index < -0.39 is 0 Å². The lowest BCUT2D eigenvalue weighted by Crippen LogP contribution is -2.39. The maximum Gasteiger partial charge on any atom is 0.0356 e. The summed E-state index contributed by atoms with van der Waals surface area (Å²) in [6.45, 7) is 2.29. The Bertz CT molecular complexity index is 123. The number of fused-ring (bicyclic) bond motifs is 2. The predicted octanol–water partition coefficient (Wildman–Crippen LogP) is 1.64. The van der Waals surface area contributed by atoms with Crippen molar-refractivity contribution in [3.63, 3.8) is 0 Å². The molecule has 0 aromatic heterocycles. The highest BCUT2D eigenvalue weighted by molar-refractivity contribution is 4.89. The molecule has 2 heterocycles.